The van der Waals surface area contributed by atoms with Gasteiger partial charge in [0.2, 0.25) is 0 Å². The minimum absolute atomic E-state index is 0.0353. The van der Waals surface area contributed by atoms with Gasteiger partial charge < -0.3 is 9.88 Å². The van der Waals surface area contributed by atoms with Crippen molar-refractivity contribution in [2.24, 2.45) is 0 Å². The lowest BCUT2D eigenvalue weighted by Gasteiger charge is -2.19. The first kappa shape index (κ1) is 12.7. The number of nitrogens with zero attached hydrogens (tertiary/aromatic N) is 2. The minimum atomic E-state index is -0.0353. The summed E-state index contributed by atoms with van der Waals surface area (Å²) in [5.74, 6) is 0.963. The fraction of sp³-hybridized carbons (Fsp3) is 0.250. The zero-order valence-corrected chi connectivity index (χ0v) is 11.6. The van der Waals surface area contributed by atoms with E-state index in [1.807, 2.05) is 37.3 Å². The van der Waals surface area contributed by atoms with Crippen LogP contribution in [-0.4, -0.2) is 22.5 Å². The van der Waals surface area contributed by atoms with Gasteiger partial charge in [-0.05, 0) is 25.5 Å². The Morgan fingerprint density at radius 3 is 2.90 bits per heavy atom. The number of likely N-dealkylation sites (N-methyl/N-ethyl adjacent to an activating group) is 1. The Balaban J connectivity index is 1.95. The van der Waals surface area contributed by atoms with Crippen LogP contribution in [0.5, 0.6) is 0 Å². The summed E-state index contributed by atoms with van der Waals surface area (Å²) in [4.78, 5) is 16.2. The number of benzene rings is 1. The number of allylic oxidation sites excluding steroid dienone is 2. The van der Waals surface area contributed by atoms with Crippen molar-refractivity contribution in [3.8, 4) is 0 Å². The van der Waals surface area contributed by atoms with Gasteiger partial charge in [0.25, 0.3) is 5.91 Å². The van der Waals surface area contributed by atoms with Crippen molar-refractivity contribution < 1.29 is 4.79 Å². The topological polar surface area (TPSA) is 46.9 Å². The molecular formula is C16H17N3O. The largest absolute Gasteiger partial charge is 0.355 e. The maximum atomic E-state index is 11.6. The lowest BCUT2D eigenvalue weighted by Crippen LogP contribution is -2.21. The van der Waals surface area contributed by atoms with Crippen LogP contribution in [-0.2, 0) is 4.79 Å². The molecule has 0 radical (unpaired) electrons. The molecule has 3 rings (SSSR count). The molecule has 0 saturated carbocycles. The highest BCUT2D eigenvalue weighted by molar-refractivity contribution is 5.96. The summed E-state index contributed by atoms with van der Waals surface area (Å²) in [5.41, 5.74) is 2.88. The van der Waals surface area contributed by atoms with E-state index in [4.69, 9.17) is 0 Å². The first-order chi connectivity index (χ1) is 9.70. The van der Waals surface area contributed by atoms with Gasteiger partial charge in [-0.3, -0.25) is 4.79 Å². The summed E-state index contributed by atoms with van der Waals surface area (Å²) in [7, 11) is 1.65. The molecular weight excluding hydrogens is 250 g/mol. The van der Waals surface area contributed by atoms with Gasteiger partial charge in [-0.1, -0.05) is 30.4 Å². The molecule has 20 heavy (non-hydrogen) atoms. The Kier molecular flexibility index (Phi) is 3.14. The van der Waals surface area contributed by atoms with Gasteiger partial charge in [0.15, 0.2) is 0 Å². The standard InChI is InChI=1S/C16H17N3O/c1-11-18-14-5-3-4-6-15(14)19(11)13-9-7-12(8-10-13)16(20)17-2/h3-9,13H,10H2,1-2H3,(H,17,20). The van der Waals surface area contributed by atoms with E-state index < -0.39 is 0 Å². The number of carbonyl (C=O) groups is 1. The Morgan fingerprint density at radius 1 is 1.40 bits per heavy atom. The van der Waals surface area contributed by atoms with E-state index >= 15 is 0 Å². The number of rotatable bonds is 2. The van der Waals surface area contributed by atoms with Crippen molar-refractivity contribution in [2.75, 3.05) is 7.05 Å². The zero-order chi connectivity index (χ0) is 14.1. The molecule has 1 unspecified atom stereocenters. The Bertz CT molecular complexity index is 724. The molecule has 2 aromatic rings. The van der Waals surface area contributed by atoms with Crippen LogP contribution in [0.3, 0.4) is 0 Å². The summed E-state index contributed by atoms with van der Waals surface area (Å²) >= 11 is 0. The number of hydrogen-bond acceptors (Lipinski definition) is 2. The van der Waals surface area contributed by atoms with Crippen molar-refractivity contribution in [3.05, 3.63) is 53.9 Å². The summed E-state index contributed by atoms with van der Waals surface area (Å²) in [5, 5.41) is 2.65. The second-order valence-electron chi connectivity index (χ2n) is 4.92. The van der Waals surface area contributed by atoms with Gasteiger partial charge in [-0.15, -0.1) is 0 Å². The summed E-state index contributed by atoms with van der Waals surface area (Å²) in [6, 6.07) is 8.35. The fourth-order valence-electron chi connectivity index (χ4n) is 2.70. The average Bonchev–Trinajstić information content (AvgIpc) is 2.82. The molecule has 1 aliphatic rings. The molecule has 1 amide bonds. The number of hydrogen-bond donors (Lipinski definition) is 1. The second-order valence-corrected chi connectivity index (χ2v) is 4.92. The van der Waals surface area contributed by atoms with Crippen molar-refractivity contribution in [3.63, 3.8) is 0 Å². The summed E-state index contributed by atoms with van der Waals surface area (Å²) in [6.07, 6.45) is 6.76. The van der Waals surface area contributed by atoms with E-state index in [1.165, 1.54) is 0 Å². The molecule has 1 aromatic carbocycles. The second kappa shape index (κ2) is 4.96. The van der Waals surface area contributed by atoms with E-state index in [-0.39, 0.29) is 11.9 Å². The number of aryl methyl sites for hydroxylation is 1. The molecule has 4 nitrogen and oxygen atoms in total. The average molecular weight is 267 g/mol. The minimum Gasteiger partial charge on any atom is -0.355 e. The lowest BCUT2D eigenvalue weighted by molar-refractivity contribution is -0.116. The Morgan fingerprint density at radius 2 is 2.20 bits per heavy atom. The van der Waals surface area contributed by atoms with E-state index in [2.05, 4.69) is 27.0 Å². The zero-order valence-electron chi connectivity index (χ0n) is 11.6. The van der Waals surface area contributed by atoms with Crippen molar-refractivity contribution >= 4 is 16.9 Å². The maximum absolute atomic E-state index is 11.6. The monoisotopic (exact) mass is 267 g/mol. The van der Waals surface area contributed by atoms with Gasteiger partial charge in [-0.2, -0.15) is 0 Å². The third kappa shape index (κ3) is 2.03. The predicted molar refractivity (Wildman–Crippen MR) is 79.4 cm³/mol. The van der Waals surface area contributed by atoms with Crippen LogP contribution >= 0.6 is 0 Å². The summed E-state index contributed by atoms with van der Waals surface area (Å²) < 4.78 is 2.23. The fourth-order valence-corrected chi connectivity index (χ4v) is 2.70. The number of para-hydroxylation sites is 2. The van der Waals surface area contributed by atoms with Crippen molar-refractivity contribution in [1.29, 1.82) is 0 Å². The number of carbonyl (C=O) groups excluding carboxylic acids is 1. The van der Waals surface area contributed by atoms with Crippen molar-refractivity contribution in [1.82, 2.24) is 14.9 Å². The van der Waals surface area contributed by atoms with E-state index in [1.54, 1.807) is 7.05 Å². The molecule has 0 saturated heterocycles. The van der Waals surface area contributed by atoms with E-state index in [9.17, 15) is 4.79 Å². The highest BCUT2D eigenvalue weighted by Gasteiger charge is 2.17. The lowest BCUT2D eigenvalue weighted by atomic mass is 10.0. The molecule has 102 valence electrons. The number of nitrogens with one attached hydrogen (secondary N) is 1. The van der Waals surface area contributed by atoms with Gasteiger partial charge >= 0.3 is 0 Å². The normalized spacial score (nSPS) is 18.1. The Labute approximate surface area is 117 Å². The highest BCUT2D eigenvalue weighted by Crippen LogP contribution is 2.27. The number of imidazole rings is 1. The van der Waals surface area contributed by atoms with Crippen LogP contribution in [0, 0.1) is 6.92 Å². The number of aromatic nitrogens is 2. The van der Waals surface area contributed by atoms with Gasteiger partial charge in [0.05, 0.1) is 17.1 Å². The van der Waals surface area contributed by atoms with E-state index in [0.29, 0.717) is 0 Å². The van der Waals surface area contributed by atoms with Crippen LogP contribution in [0.2, 0.25) is 0 Å². The van der Waals surface area contributed by atoms with Gasteiger partial charge in [0.1, 0.15) is 5.82 Å². The molecule has 1 heterocycles. The van der Waals surface area contributed by atoms with Crippen LogP contribution in [0.4, 0.5) is 0 Å². The molecule has 1 aliphatic carbocycles. The highest BCUT2D eigenvalue weighted by atomic mass is 16.1. The maximum Gasteiger partial charge on any atom is 0.250 e. The quantitative estimate of drug-likeness (QED) is 0.908. The predicted octanol–water partition coefficient (Wildman–Crippen LogP) is 2.52. The first-order valence-corrected chi connectivity index (χ1v) is 6.74. The van der Waals surface area contributed by atoms with Crippen LogP contribution in [0.15, 0.2) is 48.1 Å². The van der Waals surface area contributed by atoms with Crippen LogP contribution in [0.1, 0.15) is 18.3 Å². The van der Waals surface area contributed by atoms with Crippen LogP contribution < -0.4 is 5.32 Å². The van der Waals surface area contributed by atoms with Crippen LogP contribution in [0.25, 0.3) is 11.0 Å². The molecule has 0 aliphatic heterocycles. The SMILES string of the molecule is CNC(=O)C1=CCC(n2c(C)nc3ccccc32)C=C1. The molecule has 0 bridgehead atoms. The van der Waals surface area contributed by atoms with E-state index in [0.717, 1.165) is 28.9 Å². The number of amides is 1. The van der Waals surface area contributed by atoms with Crippen molar-refractivity contribution in [2.45, 2.75) is 19.4 Å². The third-order valence-electron chi connectivity index (χ3n) is 3.67. The Hall–Kier alpha value is -2.36. The molecule has 1 aromatic heterocycles. The molecule has 1 atom stereocenters. The van der Waals surface area contributed by atoms with Gasteiger partial charge in [0, 0.05) is 12.6 Å². The smallest absolute Gasteiger partial charge is 0.250 e. The summed E-state index contributed by atoms with van der Waals surface area (Å²) in [6.45, 7) is 2.02. The molecule has 0 fully saturated rings. The van der Waals surface area contributed by atoms with Gasteiger partial charge in [-0.25, -0.2) is 4.98 Å². The molecule has 4 heteroatoms. The molecule has 0 spiro atoms. The number of fused-ring (bicyclic) bond motifs is 1. The molecule has 1 N–H and O–H groups in total. The third-order valence-corrected chi connectivity index (χ3v) is 3.67. The first-order valence-electron chi connectivity index (χ1n) is 6.74.